The van der Waals surface area contributed by atoms with Crippen LogP contribution in [0.5, 0.6) is 5.75 Å². The van der Waals surface area contributed by atoms with E-state index in [4.69, 9.17) is 13.9 Å². The Balaban J connectivity index is 1.60. The number of benzene rings is 2. The standard InChI is InChI=1S/C25H22BrNO6/c1-31-19-7-3-2-6-17(19)22-21(24(29)25(30)27(22)13-16-5-4-10-32-16)23(28)20-12-14-11-15(26)8-9-18(14)33-20/h2-3,6-9,11-12,16,22,29H,4-5,10,13H2,1H3. The minimum absolute atomic E-state index is 0.0272. The first-order chi connectivity index (χ1) is 16.0. The Morgan fingerprint density at radius 3 is 2.82 bits per heavy atom. The molecule has 0 spiro atoms. The van der Waals surface area contributed by atoms with E-state index in [1.54, 1.807) is 24.3 Å². The molecule has 3 aromatic rings. The third-order valence-electron chi connectivity index (χ3n) is 6.11. The van der Waals surface area contributed by atoms with E-state index in [-0.39, 0.29) is 24.0 Å². The Hall–Kier alpha value is -3.10. The van der Waals surface area contributed by atoms with Crippen molar-refractivity contribution in [3.63, 3.8) is 0 Å². The molecule has 0 aliphatic carbocycles. The summed E-state index contributed by atoms with van der Waals surface area (Å²) >= 11 is 3.41. The number of nitrogens with zero attached hydrogens (tertiary/aromatic N) is 1. The number of aliphatic hydroxyl groups is 1. The summed E-state index contributed by atoms with van der Waals surface area (Å²) < 4.78 is 17.9. The van der Waals surface area contributed by atoms with Gasteiger partial charge in [-0.2, -0.15) is 0 Å². The molecular weight excluding hydrogens is 490 g/mol. The van der Waals surface area contributed by atoms with Crippen LogP contribution in [0.2, 0.25) is 0 Å². The van der Waals surface area contributed by atoms with E-state index in [2.05, 4.69) is 15.9 Å². The maximum atomic E-state index is 13.6. The zero-order valence-corrected chi connectivity index (χ0v) is 19.5. The average Bonchev–Trinajstić information content (AvgIpc) is 3.54. The third-order valence-corrected chi connectivity index (χ3v) is 6.60. The number of carbonyl (C=O) groups excluding carboxylic acids is 2. The molecule has 1 N–H and O–H groups in total. The predicted molar refractivity (Wildman–Crippen MR) is 124 cm³/mol. The van der Waals surface area contributed by atoms with Crippen molar-refractivity contribution in [1.82, 2.24) is 4.90 Å². The number of halogens is 1. The molecule has 33 heavy (non-hydrogen) atoms. The van der Waals surface area contributed by atoms with Gasteiger partial charge in [0.25, 0.3) is 5.91 Å². The molecule has 1 saturated heterocycles. The lowest BCUT2D eigenvalue weighted by Gasteiger charge is -2.29. The highest BCUT2D eigenvalue weighted by Crippen LogP contribution is 2.43. The van der Waals surface area contributed by atoms with Gasteiger partial charge in [-0.3, -0.25) is 9.59 Å². The van der Waals surface area contributed by atoms with Gasteiger partial charge < -0.3 is 23.9 Å². The molecule has 1 amide bonds. The van der Waals surface area contributed by atoms with Gasteiger partial charge >= 0.3 is 0 Å². The number of rotatable bonds is 6. The maximum absolute atomic E-state index is 13.6. The fourth-order valence-corrected chi connectivity index (χ4v) is 4.93. The van der Waals surface area contributed by atoms with Crippen molar-refractivity contribution >= 4 is 38.6 Å². The number of amides is 1. The van der Waals surface area contributed by atoms with Crippen LogP contribution in [-0.2, 0) is 9.53 Å². The van der Waals surface area contributed by atoms with Gasteiger partial charge in [0.15, 0.2) is 11.5 Å². The van der Waals surface area contributed by atoms with Crippen LogP contribution in [0, 0.1) is 0 Å². The van der Waals surface area contributed by atoms with Crippen molar-refractivity contribution in [2.45, 2.75) is 25.0 Å². The first-order valence-corrected chi connectivity index (χ1v) is 11.5. The molecule has 2 aliphatic heterocycles. The lowest BCUT2D eigenvalue weighted by Crippen LogP contribution is -2.37. The monoisotopic (exact) mass is 511 g/mol. The Bertz CT molecular complexity index is 1270. The smallest absolute Gasteiger partial charge is 0.290 e. The number of hydrogen-bond donors (Lipinski definition) is 1. The number of Topliss-reactive ketones (excluding diaryl/α,β-unsaturated/α-hetero) is 1. The van der Waals surface area contributed by atoms with Crippen LogP contribution in [0.3, 0.4) is 0 Å². The van der Waals surface area contributed by atoms with Crippen LogP contribution in [0.4, 0.5) is 0 Å². The van der Waals surface area contributed by atoms with Gasteiger partial charge in [-0.1, -0.05) is 34.1 Å². The number of furan rings is 1. The van der Waals surface area contributed by atoms with Crippen molar-refractivity contribution in [3.05, 3.63) is 75.7 Å². The summed E-state index contributed by atoms with van der Waals surface area (Å²) in [7, 11) is 1.53. The molecule has 0 saturated carbocycles. The number of ketones is 1. The predicted octanol–water partition coefficient (Wildman–Crippen LogP) is 4.96. The van der Waals surface area contributed by atoms with E-state index < -0.39 is 23.5 Å². The number of carbonyl (C=O) groups is 2. The maximum Gasteiger partial charge on any atom is 0.290 e. The molecule has 3 heterocycles. The summed E-state index contributed by atoms with van der Waals surface area (Å²) in [6.07, 6.45) is 1.56. The summed E-state index contributed by atoms with van der Waals surface area (Å²) in [6.45, 7) is 0.890. The van der Waals surface area contributed by atoms with Crippen LogP contribution in [0.25, 0.3) is 11.0 Å². The van der Waals surface area contributed by atoms with Gasteiger partial charge in [-0.25, -0.2) is 0 Å². The number of ether oxygens (including phenoxy) is 2. The van der Waals surface area contributed by atoms with Gasteiger partial charge in [0.2, 0.25) is 5.78 Å². The molecule has 2 unspecified atom stereocenters. The Morgan fingerprint density at radius 1 is 1.24 bits per heavy atom. The number of fused-ring (bicyclic) bond motifs is 1. The molecule has 2 aromatic carbocycles. The highest BCUT2D eigenvalue weighted by molar-refractivity contribution is 9.10. The van der Waals surface area contributed by atoms with Crippen LogP contribution < -0.4 is 4.74 Å². The average molecular weight is 512 g/mol. The van der Waals surface area contributed by atoms with Gasteiger partial charge in [0.05, 0.1) is 24.8 Å². The first kappa shape index (κ1) is 21.7. The molecule has 2 atom stereocenters. The SMILES string of the molecule is COc1ccccc1C1C(C(=O)c2cc3cc(Br)ccc3o2)=C(O)C(=O)N1CC1CCCO1. The van der Waals surface area contributed by atoms with Gasteiger partial charge in [0, 0.05) is 28.6 Å². The Labute approximate surface area is 198 Å². The van der Waals surface area contributed by atoms with Crippen LogP contribution >= 0.6 is 15.9 Å². The van der Waals surface area contributed by atoms with Crippen molar-refractivity contribution < 1.29 is 28.6 Å². The van der Waals surface area contributed by atoms with Crippen molar-refractivity contribution in [3.8, 4) is 5.75 Å². The van der Waals surface area contributed by atoms with Gasteiger partial charge in [-0.05, 0) is 43.2 Å². The van der Waals surface area contributed by atoms with Crippen LogP contribution in [-0.4, -0.2) is 48.1 Å². The van der Waals surface area contributed by atoms with E-state index in [1.807, 2.05) is 24.3 Å². The molecule has 8 heteroatoms. The second kappa shape index (κ2) is 8.68. The highest BCUT2D eigenvalue weighted by atomic mass is 79.9. The quantitative estimate of drug-likeness (QED) is 0.470. The van der Waals surface area contributed by atoms with E-state index in [1.165, 1.54) is 12.0 Å². The van der Waals surface area contributed by atoms with E-state index in [0.29, 0.717) is 23.5 Å². The third kappa shape index (κ3) is 3.83. The van der Waals surface area contributed by atoms with E-state index in [9.17, 15) is 14.7 Å². The Kier molecular flexibility index (Phi) is 5.72. The molecule has 1 fully saturated rings. The molecule has 1 aromatic heterocycles. The lowest BCUT2D eigenvalue weighted by atomic mass is 9.94. The summed E-state index contributed by atoms with van der Waals surface area (Å²) in [5.74, 6) is -1.16. The summed E-state index contributed by atoms with van der Waals surface area (Å²) in [4.78, 5) is 28.3. The molecular formula is C25H22BrNO6. The number of methoxy groups -OCH3 is 1. The number of aliphatic hydroxyl groups excluding tert-OH is 1. The molecule has 0 bridgehead atoms. The summed E-state index contributed by atoms with van der Waals surface area (Å²) in [5, 5.41) is 11.6. The molecule has 7 nitrogen and oxygen atoms in total. The number of para-hydroxylation sites is 1. The minimum atomic E-state index is -0.828. The molecule has 170 valence electrons. The van der Waals surface area contributed by atoms with Crippen LogP contribution in [0.1, 0.15) is 35.0 Å². The fraction of sp³-hybridized carbons (Fsp3) is 0.280. The zero-order valence-electron chi connectivity index (χ0n) is 17.9. The normalized spacial score (nSPS) is 20.8. The Morgan fingerprint density at radius 2 is 2.06 bits per heavy atom. The first-order valence-electron chi connectivity index (χ1n) is 10.7. The van der Waals surface area contributed by atoms with E-state index in [0.717, 1.165) is 22.7 Å². The second-order valence-corrected chi connectivity index (χ2v) is 9.04. The topological polar surface area (TPSA) is 89.2 Å². The molecule has 5 rings (SSSR count). The number of hydrogen-bond acceptors (Lipinski definition) is 6. The van der Waals surface area contributed by atoms with Crippen molar-refractivity contribution in [1.29, 1.82) is 0 Å². The highest BCUT2D eigenvalue weighted by Gasteiger charge is 2.46. The van der Waals surface area contributed by atoms with Gasteiger partial charge in [0.1, 0.15) is 11.3 Å². The van der Waals surface area contributed by atoms with Crippen LogP contribution in [0.15, 0.2) is 68.8 Å². The summed E-state index contributed by atoms with van der Waals surface area (Å²) in [5.41, 5.74) is 1.12. The molecule has 0 radical (unpaired) electrons. The largest absolute Gasteiger partial charge is 0.503 e. The van der Waals surface area contributed by atoms with E-state index >= 15 is 0 Å². The summed E-state index contributed by atoms with van der Waals surface area (Å²) in [6, 6.07) is 13.4. The zero-order chi connectivity index (χ0) is 23.1. The minimum Gasteiger partial charge on any atom is -0.503 e. The van der Waals surface area contributed by atoms with Crippen molar-refractivity contribution in [2.24, 2.45) is 0 Å². The van der Waals surface area contributed by atoms with Crippen molar-refractivity contribution in [2.75, 3.05) is 20.3 Å². The lowest BCUT2D eigenvalue weighted by molar-refractivity contribution is -0.131. The molecule has 2 aliphatic rings. The van der Waals surface area contributed by atoms with Gasteiger partial charge in [-0.15, -0.1) is 0 Å². The fourth-order valence-electron chi connectivity index (χ4n) is 4.56. The second-order valence-electron chi connectivity index (χ2n) is 8.12.